The number of rotatable bonds is 4. The molecule has 4 rings (SSSR count). The van der Waals surface area contributed by atoms with E-state index in [2.05, 4.69) is 96.0 Å². The highest BCUT2D eigenvalue weighted by Gasteiger charge is 2.19. The first-order valence-electron chi connectivity index (χ1n) is 8.39. The fourth-order valence-electron chi connectivity index (χ4n) is 3.15. The summed E-state index contributed by atoms with van der Waals surface area (Å²) < 4.78 is 0. The third kappa shape index (κ3) is 3.09. The van der Waals surface area contributed by atoms with Crippen LogP contribution in [0.5, 0.6) is 0 Å². The summed E-state index contributed by atoms with van der Waals surface area (Å²) in [5.41, 5.74) is 2.59. The first kappa shape index (κ1) is 14.7. The van der Waals surface area contributed by atoms with Gasteiger partial charge in [-0.2, -0.15) is 0 Å². The second kappa shape index (κ2) is 6.71. The number of para-hydroxylation sites is 1. The molecule has 0 radical (unpaired) electrons. The molecule has 1 unspecified atom stereocenters. The molecule has 0 aromatic heterocycles. The zero-order valence-corrected chi connectivity index (χ0v) is 13.5. The third-order valence-corrected chi connectivity index (χ3v) is 4.42. The molecule has 1 atom stereocenters. The van der Waals surface area contributed by atoms with E-state index in [-0.39, 0.29) is 6.17 Å². The number of hydrogen-bond acceptors (Lipinski definition) is 2. The van der Waals surface area contributed by atoms with E-state index >= 15 is 0 Å². The van der Waals surface area contributed by atoms with Crippen molar-refractivity contribution < 1.29 is 0 Å². The fourth-order valence-corrected chi connectivity index (χ4v) is 3.15. The van der Waals surface area contributed by atoms with Crippen molar-refractivity contribution in [2.24, 2.45) is 4.99 Å². The quantitative estimate of drug-likeness (QED) is 0.722. The Bertz CT molecular complexity index is 917. The molecule has 0 bridgehead atoms. The Morgan fingerprint density at radius 3 is 2.21 bits per heavy atom. The van der Waals surface area contributed by atoms with Gasteiger partial charge in [-0.1, -0.05) is 78.9 Å². The molecule has 1 heterocycles. The van der Waals surface area contributed by atoms with Crippen molar-refractivity contribution in [2.45, 2.75) is 12.6 Å². The van der Waals surface area contributed by atoms with Crippen LogP contribution in [0.2, 0.25) is 0 Å². The van der Waals surface area contributed by atoms with Gasteiger partial charge in [0.2, 0.25) is 0 Å². The van der Waals surface area contributed by atoms with Gasteiger partial charge < -0.3 is 4.90 Å². The van der Waals surface area contributed by atoms with Crippen LogP contribution in [0.4, 0.5) is 0 Å². The Labute approximate surface area is 142 Å². The predicted octanol–water partition coefficient (Wildman–Crippen LogP) is 3.30. The van der Waals surface area contributed by atoms with E-state index in [9.17, 15) is 0 Å². The van der Waals surface area contributed by atoms with Crippen molar-refractivity contribution >= 4 is 6.20 Å². The Kier molecular flexibility index (Phi) is 4.11. The maximum Gasteiger partial charge on any atom is 0.147 e. The first-order chi connectivity index (χ1) is 11.9. The van der Waals surface area contributed by atoms with E-state index in [0.29, 0.717) is 0 Å². The number of benzene rings is 3. The number of hydrogen-bond donors (Lipinski definition) is 0. The summed E-state index contributed by atoms with van der Waals surface area (Å²) in [4.78, 5) is 7.36. The average molecular weight is 312 g/mol. The van der Waals surface area contributed by atoms with Gasteiger partial charge in [0.05, 0.1) is 5.36 Å². The number of fused-ring (bicyclic) bond motifs is 1. The Hall–Kier alpha value is -2.87. The minimum atomic E-state index is 0.0461. The predicted molar refractivity (Wildman–Crippen MR) is 97.7 cm³/mol. The lowest BCUT2D eigenvalue weighted by Gasteiger charge is -2.30. The lowest BCUT2D eigenvalue weighted by molar-refractivity contribution is 0.309. The maximum atomic E-state index is 5.00. The van der Waals surface area contributed by atoms with Gasteiger partial charge in [0.1, 0.15) is 6.17 Å². The lowest BCUT2D eigenvalue weighted by Crippen LogP contribution is -2.38. The molecule has 0 aliphatic carbocycles. The van der Waals surface area contributed by atoms with Crippen LogP contribution < -0.4 is 10.6 Å². The standard InChI is InChI=1S/C22H20N2/c1-3-9-18(10-4-1)15-16-24-17-20-13-7-8-14-21(20)23-22(24)19-11-5-2-6-12-19/h1-14,17,22H,15-16H2. The lowest BCUT2D eigenvalue weighted by atomic mass is 10.1. The molecule has 3 aromatic carbocycles. The molecule has 118 valence electrons. The van der Waals surface area contributed by atoms with Gasteiger partial charge >= 0.3 is 0 Å². The molecule has 0 amide bonds. The van der Waals surface area contributed by atoms with Gasteiger partial charge in [-0.05, 0) is 23.6 Å². The van der Waals surface area contributed by atoms with Crippen molar-refractivity contribution in [1.29, 1.82) is 0 Å². The van der Waals surface area contributed by atoms with E-state index in [0.717, 1.165) is 18.3 Å². The molecule has 3 aromatic rings. The Morgan fingerprint density at radius 2 is 1.42 bits per heavy atom. The molecule has 0 N–H and O–H groups in total. The van der Waals surface area contributed by atoms with E-state index in [1.165, 1.54) is 16.3 Å². The molecular weight excluding hydrogens is 292 g/mol. The summed E-state index contributed by atoms with van der Waals surface area (Å²) in [7, 11) is 0. The highest BCUT2D eigenvalue weighted by molar-refractivity contribution is 5.30. The summed E-state index contributed by atoms with van der Waals surface area (Å²) in [6.07, 6.45) is 3.31. The van der Waals surface area contributed by atoms with Crippen LogP contribution in [0.15, 0.2) is 89.9 Å². The van der Waals surface area contributed by atoms with Gasteiger partial charge in [0.25, 0.3) is 0 Å². The third-order valence-electron chi connectivity index (χ3n) is 4.42. The van der Waals surface area contributed by atoms with Crippen molar-refractivity contribution in [3.8, 4) is 0 Å². The molecule has 0 spiro atoms. The van der Waals surface area contributed by atoms with E-state index in [4.69, 9.17) is 4.99 Å². The summed E-state index contributed by atoms with van der Waals surface area (Å²) in [6, 6.07) is 29.5. The summed E-state index contributed by atoms with van der Waals surface area (Å²) >= 11 is 0. The number of nitrogens with zero attached hydrogens (tertiary/aromatic N) is 2. The van der Waals surface area contributed by atoms with Crippen LogP contribution >= 0.6 is 0 Å². The molecule has 2 heteroatoms. The van der Waals surface area contributed by atoms with Gasteiger partial charge in [-0.15, -0.1) is 0 Å². The molecular formula is C22H20N2. The van der Waals surface area contributed by atoms with E-state index < -0.39 is 0 Å². The smallest absolute Gasteiger partial charge is 0.147 e. The molecule has 24 heavy (non-hydrogen) atoms. The topological polar surface area (TPSA) is 15.6 Å². The van der Waals surface area contributed by atoms with Gasteiger partial charge in [0, 0.05) is 18.0 Å². The molecule has 1 aliphatic heterocycles. The van der Waals surface area contributed by atoms with E-state index in [1.807, 2.05) is 0 Å². The SMILES string of the molecule is C1=c2ccccc2=NC(c2ccccc2)N1CCc1ccccc1. The summed E-state index contributed by atoms with van der Waals surface area (Å²) in [5, 5.41) is 2.26. The largest absolute Gasteiger partial charge is 0.351 e. The zero-order valence-electron chi connectivity index (χ0n) is 13.5. The van der Waals surface area contributed by atoms with Crippen LogP contribution in [0.1, 0.15) is 17.3 Å². The van der Waals surface area contributed by atoms with Gasteiger partial charge in [0.15, 0.2) is 0 Å². The molecule has 2 nitrogen and oxygen atoms in total. The highest BCUT2D eigenvalue weighted by Crippen LogP contribution is 2.23. The molecule has 0 saturated carbocycles. The zero-order chi connectivity index (χ0) is 16.2. The highest BCUT2D eigenvalue weighted by atomic mass is 15.2. The molecule has 0 saturated heterocycles. The first-order valence-corrected chi connectivity index (χ1v) is 8.39. The van der Waals surface area contributed by atoms with Crippen LogP contribution in [0.3, 0.4) is 0 Å². The van der Waals surface area contributed by atoms with Crippen molar-refractivity contribution in [3.63, 3.8) is 0 Å². The van der Waals surface area contributed by atoms with Crippen molar-refractivity contribution in [2.75, 3.05) is 6.54 Å². The maximum absolute atomic E-state index is 5.00. The monoisotopic (exact) mass is 312 g/mol. The van der Waals surface area contributed by atoms with Crippen molar-refractivity contribution in [3.05, 3.63) is 107 Å². The van der Waals surface area contributed by atoms with Crippen LogP contribution in [0, 0.1) is 0 Å². The second-order valence-electron chi connectivity index (χ2n) is 6.07. The second-order valence-corrected chi connectivity index (χ2v) is 6.07. The van der Waals surface area contributed by atoms with E-state index in [1.54, 1.807) is 0 Å². The van der Waals surface area contributed by atoms with Gasteiger partial charge in [-0.3, -0.25) is 4.99 Å². The normalized spacial score (nSPS) is 16.0. The average Bonchev–Trinajstić information content (AvgIpc) is 2.67. The van der Waals surface area contributed by atoms with Crippen LogP contribution in [-0.2, 0) is 6.42 Å². The van der Waals surface area contributed by atoms with Crippen LogP contribution in [-0.4, -0.2) is 11.4 Å². The van der Waals surface area contributed by atoms with Crippen LogP contribution in [0.25, 0.3) is 6.20 Å². The summed E-state index contributed by atoms with van der Waals surface area (Å²) in [5.74, 6) is 0. The molecule has 0 fully saturated rings. The Balaban J connectivity index is 1.68. The summed E-state index contributed by atoms with van der Waals surface area (Å²) in [6.45, 7) is 0.946. The van der Waals surface area contributed by atoms with Crippen molar-refractivity contribution in [1.82, 2.24) is 4.90 Å². The minimum absolute atomic E-state index is 0.0461. The molecule has 1 aliphatic rings. The van der Waals surface area contributed by atoms with Gasteiger partial charge in [-0.25, -0.2) is 0 Å². The minimum Gasteiger partial charge on any atom is -0.351 e. The fraction of sp³-hybridized carbons (Fsp3) is 0.136. The Morgan fingerprint density at radius 1 is 0.750 bits per heavy atom.